The lowest BCUT2D eigenvalue weighted by molar-refractivity contribution is 0.0508. The molecule has 2 heterocycles. The zero-order valence-corrected chi connectivity index (χ0v) is 17.2. The van der Waals surface area contributed by atoms with Gasteiger partial charge in [0.2, 0.25) is 0 Å². The number of aromatic nitrogens is 1. The smallest absolute Gasteiger partial charge is 0.408 e. The number of anilines is 2. The maximum Gasteiger partial charge on any atom is 0.408 e. The molecule has 2 atom stereocenters. The average molecular weight is 389 g/mol. The number of nitrogen functional groups attached to an aromatic ring is 1. The monoisotopic (exact) mass is 388 g/mol. The first kappa shape index (κ1) is 19.5. The number of nitrogens with one attached hydrogen (secondary N) is 1. The van der Waals surface area contributed by atoms with Crippen LogP contribution < -0.4 is 16.0 Å². The van der Waals surface area contributed by atoms with Crippen molar-refractivity contribution < 1.29 is 9.53 Å². The molecule has 0 unspecified atom stereocenters. The van der Waals surface area contributed by atoms with Crippen molar-refractivity contribution in [3.8, 4) is 0 Å². The number of carbonyl (C=O) groups is 1. The molecule has 0 aliphatic carbocycles. The van der Waals surface area contributed by atoms with Crippen LogP contribution >= 0.6 is 11.3 Å². The van der Waals surface area contributed by atoms with E-state index in [9.17, 15) is 4.79 Å². The molecule has 2 aromatic rings. The summed E-state index contributed by atoms with van der Waals surface area (Å²) in [5.74, 6) is 0. The summed E-state index contributed by atoms with van der Waals surface area (Å²) in [5, 5.41) is 5.56. The van der Waals surface area contributed by atoms with Gasteiger partial charge >= 0.3 is 6.09 Å². The van der Waals surface area contributed by atoms with Crippen molar-refractivity contribution in [1.29, 1.82) is 0 Å². The maximum absolute atomic E-state index is 12.0. The van der Waals surface area contributed by atoms with Crippen LogP contribution in [0.1, 0.15) is 63.9 Å². The lowest BCUT2D eigenvalue weighted by Gasteiger charge is -2.26. The first-order valence-corrected chi connectivity index (χ1v) is 10.2. The van der Waals surface area contributed by atoms with Crippen LogP contribution in [0.5, 0.6) is 0 Å². The second-order valence-electron chi connectivity index (χ2n) is 7.92. The summed E-state index contributed by atoms with van der Waals surface area (Å²) < 4.78 is 5.33. The highest BCUT2D eigenvalue weighted by molar-refractivity contribution is 7.13. The molecule has 1 saturated heterocycles. The summed E-state index contributed by atoms with van der Waals surface area (Å²) >= 11 is 1.49. The van der Waals surface area contributed by atoms with Gasteiger partial charge in [-0.25, -0.2) is 9.78 Å². The minimum Gasteiger partial charge on any atom is -0.444 e. The lowest BCUT2D eigenvalue weighted by Crippen LogP contribution is -2.34. The van der Waals surface area contributed by atoms with Crippen LogP contribution in [0.2, 0.25) is 0 Å². The summed E-state index contributed by atoms with van der Waals surface area (Å²) in [7, 11) is 0. The van der Waals surface area contributed by atoms with E-state index in [0.717, 1.165) is 36.3 Å². The molecule has 0 spiro atoms. The van der Waals surface area contributed by atoms with Crippen LogP contribution in [0.25, 0.3) is 0 Å². The van der Waals surface area contributed by atoms with Crippen LogP contribution in [0, 0.1) is 0 Å². The molecule has 3 rings (SSSR count). The van der Waals surface area contributed by atoms with Crippen LogP contribution in [0.3, 0.4) is 0 Å². The molecule has 6 nitrogen and oxygen atoms in total. The van der Waals surface area contributed by atoms with Crippen LogP contribution in [0.15, 0.2) is 29.6 Å². The molecule has 3 N–H and O–H groups in total. The van der Waals surface area contributed by atoms with Gasteiger partial charge in [-0.05, 0) is 58.2 Å². The molecule has 1 aromatic carbocycles. The van der Waals surface area contributed by atoms with Crippen LogP contribution in [-0.4, -0.2) is 23.2 Å². The van der Waals surface area contributed by atoms with Gasteiger partial charge in [-0.2, -0.15) is 0 Å². The predicted octanol–water partition coefficient (Wildman–Crippen LogP) is 4.65. The van der Waals surface area contributed by atoms with E-state index >= 15 is 0 Å². The number of alkyl carbamates (subject to hydrolysis) is 1. The number of benzene rings is 1. The number of ether oxygens (including phenoxy) is 1. The molecule has 1 amide bonds. The molecular formula is C20H28N4O2S. The van der Waals surface area contributed by atoms with Gasteiger partial charge in [0.05, 0.1) is 17.8 Å². The SMILES string of the molecule is C[C@H](NC(=O)OC(C)(C)C)c1ccc(N2CCC[C@@H]2c2csc(N)n2)cc1. The fraction of sp³-hybridized carbons (Fsp3) is 0.500. The number of rotatable bonds is 4. The zero-order valence-electron chi connectivity index (χ0n) is 16.4. The summed E-state index contributed by atoms with van der Waals surface area (Å²) in [6.45, 7) is 8.53. The third kappa shape index (κ3) is 4.91. The van der Waals surface area contributed by atoms with E-state index in [1.807, 2.05) is 27.7 Å². The number of nitrogens with two attached hydrogens (primary N) is 1. The van der Waals surface area contributed by atoms with Gasteiger partial charge in [0.15, 0.2) is 5.13 Å². The summed E-state index contributed by atoms with van der Waals surface area (Å²) in [5.41, 5.74) is 8.56. The standard InChI is InChI=1S/C20H28N4O2S/c1-13(22-19(25)26-20(2,3)4)14-7-9-15(10-8-14)24-11-5-6-17(24)16-12-27-18(21)23-16/h7-10,12-13,17H,5-6,11H2,1-4H3,(H2,21,23)(H,22,25)/t13-,17+/m0/s1. The fourth-order valence-electron chi connectivity index (χ4n) is 3.36. The molecule has 1 aliphatic rings. The molecule has 1 fully saturated rings. The van der Waals surface area contributed by atoms with Gasteiger partial charge in [0, 0.05) is 17.6 Å². The van der Waals surface area contributed by atoms with Gasteiger partial charge in [-0.15, -0.1) is 11.3 Å². The third-order valence-electron chi connectivity index (χ3n) is 4.59. The van der Waals surface area contributed by atoms with Crippen molar-refractivity contribution in [2.75, 3.05) is 17.2 Å². The van der Waals surface area contributed by atoms with Crippen molar-refractivity contribution in [2.45, 2.75) is 58.2 Å². The Kier molecular flexibility index (Phi) is 5.60. The second kappa shape index (κ2) is 7.76. The van der Waals surface area contributed by atoms with E-state index < -0.39 is 11.7 Å². The number of hydrogen-bond donors (Lipinski definition) is 2. The number of hydrogen-bond acceptors (Lipinski definition) is 6. The largest absolute Gasteiger partial charge is 0.444 e. The number of nitrogens with zero attached hydrogens (tertiary/aromatic N) is 2. The van der Waals surface area contributed by atoms with Crippen molar-refractivity contribution in [1.82, 2.24) is 10.3 Å². The van der Waals surface area contributed by atoms with E-state index in [4.69, 9.17) is 10.5 Å². The van der Waals surface area contributed by atoms with Crippen molar-refractivity contribution >= 4 is 28.2 Å². The molecule has 27 heavy (non-hydrogen) atoms. The van der Waals surface area contributed by atoms with Gasteiger partial charge in [-0.1, -0.05) is 12.1 Å². The van der Waals surface area contributed by atoms with E-state index in [2.05, 4.69) is 44.8 Å². The Labute approximate surface area is 164 Å². The third-order valence-corrected chi connectivity index (χ3v) is 5.28. The zero-order chi connectivity index (χ0) is 19.6. The maximum atomic E-state index is 12.0. The first-order valence-electron chi connectivity index (χ1n) is 9.30. The Balaban J connectivity index is 1.67. The second-order valence-corrected chi connectivity index (χ2v) is 8.81. The van der Waals surface area contributed by atoms with Gasteiger partial charge < -0.3 is 20.7 Å². The minimum atomic E-state index is -0.502. The molecular weight excluding hydrogens is 360 g/mol. The van der Waals surface area contributed by atoms with Crippen LogP contribution in [-0.2, 0) is 4.74 Å². The summed E-state index contributed by atoms with van der Waals surface area (Å²) in [4.78, 5) is 18.8. The van der Waals surface area contributed by atoms with E-state index in [0.29, 0.717) is 5.13 Å². The van der Waals surface area contributed by atoms with Gasteiger partial charge in [0.1, 0.15) is 5.60 Å². The van der Waals surface area contributed by atoms with Crippen LogP contribution in [0.4, 0.5) is 15.6 Å². The quantitative estimate of drug-likeness (QED) is 0.797. The normalized spacial score (nSPS) is 18.4. The highest BCUT2D eigenvalue weighted by Gasteiger charge is 2.28. The van der Waals surface area contributed by atoms with Crippen molar-refractivity contribution in [3.63, 3.8) is 0 Å². The number of amides is 1. The van der Waals surface area contributed by atoms with Crippen molar-refractivity contribution in [3.05, 3.63) is 40.9 Å². The Hall–Kier alpha value is -2.28. The summed E-state index contributed by atoms with van der Waals surface area (Å²) in [6, 6.07) is 8.49. The highest BCUT2D eigenvalue weighted by atomic mass is 32.1. The van der Waals surface area contributed by atoms with Gasteiger partial charge in [-0.3, -0.25) is 0 Å². The van der Waals surface area contributed by atoms with E-state index in [1.165, 1.54) is 11.3 Å². The fourth-order valence-corrected chi connectivity index (χ4v) is 3.97. The highest BCUT2D eigenvalue weighted by Crippen LogP contribution is 2.37. The number of carbonyl (C=O) groups excluding carboxylic acids is 1. The minimum absolute atomic E-state index is 0.124. The molecule has 1 aliphatic heterocycles. The Bertz CT molecular complexity index is 782. The molecule has 146 valence electrons. The predicted molar refractivity (Wildman–Crippen MR) is 110 cm³/mol. The molecule has 0 radical (unpaired) electrons. The Morgan fingerprint density at radius 2 is 2.07 bits per heavy atom. The molecule has 7 heteroatoms. The topological polar surface area (TPSA) is 80.5 Å². The molecule has 0 bridgehead atoms. The van der Waals surface area contributed by atoms with E-state index in [-0.39, 0.29) is 12.1 Å². The van der Waals surface area contributed by atoms with E-state index in [1.54, 1.807) is 0 Å². The lowest BCUT2D eigenvalue weighted by atomic mass is 10.1. The van der Waals surface area contributed by atoms with Gasteiger partial charge in [0.25, 0.3) is 0 Å². The first-order chi connectivity index (χ1) is 12.7. The molecule has 0 saturated carbocycles. The Morgan fingerprint density at radius 3 is 2.67 bits per heavy atom. The summed E-state index contributed by atoms with van der Waals surface area (Å²) in [6.07, 6.45) is 1.82. The average Bonchev–Trinajstić information content (AvgIpc) is 3.21. The Morgan fingerprint density at radius 1 is 1.37 bits per heavy atom. The van der Waals surface area contributed by atoms with Crippen molar-refractivity contribution in [2.24, 2.45) is 0 Å². The molecule has 1 aromatic heterocycles. The number of thiazole rings is 1.